The quantitative estimate of drug-likeness (QED) is 0.207. The summed E-state index contributed by atoms with van der Waals surface area (Å²) in [6.45, 7) is 12.8. The first-order valence-electron chi connectivity index (χ1n) is 4.03. The van der Waals surface area contributed by atoms with E-state index in [-0.39, 0.29) is 11.5 Å². The summed E-state index contributed by atoms with van der Waals surface area (Å²) in [5.41, 5.74) is 2.63. The Bertz CT molecular complexity index is 212. The predicted molar refractivity (Wildman–Crippen MR) is 52.3 cm³/mol. The average Bonchev–Trinajstić information content (AvgIpc) is 1.99. The van der Waals surface area contributed by atoms with Gasteiger partial charge in [0.1, 0.15) is 6.72 Å². The minimum atomic E-state index is -0.0953. The van der Waals surface area contributed by atoms with Crippen LogP contribution in [0.1, 0.15) is 27.2 Å². The zero-order chi connectivity index (χ0) is 9.78. The van der Waals surface area contributed by atoms with Crippen LogP contribution >= 0.6 is 0 Å². The normalized spacial score (nSPS) is 13.2. The zero-order valence-electron chi connectivity index (χ0n) is 8.13. The number of nitrogens with zero attached hydrogens (tertiary/aromatic N) is 1. The van der Waals surface area contributed by atoms with Crippen LogP contribution in [0.4, 0.5) is 0 Å². The second-order valence-corrected chi connectivity index (χ2v) is 3.69. The van der Waals surface area contributed by atoms with Gasteiger partial charge in [0.15, 0.2) is 6.04 Å². The van der Waals surface area contributed by atoms with Gasteiger partial charge in [0.05, 0.1) is 0 Å². The Kier molecular flexibility index (Phi) is 3.78. The van der Waals surface area contributed by atoms with Gasteiger partial charge in [0.2, 0.25) is 0 Å². The molecule has 0 saturated heterocycles. The average molecular weight is 167 g/mol. The molecule has 1 unspecified atom stereocenters. The molecule has 0 heterocycles. The highest BCUT2D eigenvalue weighted by Gasteiger charge is 2.29. The van der Waals surface area contributed by atoms with Gasteiger partial charge in [0, 0.05) is 5.41 Å². The van der Waals surface area contributed by atoms with E-state index in [1.165, 1.54) is 0 Å². The second-order valence-electron chi connectivity index (χ2n) is 3.69. The van der Waals surface area contributed by atoms with Gasteiger partial charge in [-0.3, -0.25) is 0 Å². The van der Waals surface area contributed by atoms with Crippen LogP contribution in [0.25, 0.3) is 0 Å². The Labute approximate surface area is 74.5 Å². The first-order valence-corrected chi connectivity index (χ1v) is 4.03. The maximum absolute atomic E-state index is 10.9. The van der Waals surface area contributed by atoms with Crippen LogP contribution in [-0.4, -0.2) is 17.5 Å². The summed E-state index contributed by atoms with van der Waals surface area (Å²) in [6.07, 6.45) is 2.64. The Hall–Kier alpha value is -1.01. The number of hydrogen-bond acceptors (Lipinski definition) is 1. The predicted octanol–water partition coefficient (Wildman–Crippen LogP) is 2.34. The van der Waals surface area contributed by atoms with E-state index < -0.39 is 0 Å². The molecule has 0 aliphatic rings. The largest absolute Gasteiger partial charge is 0.624 e. The highest BCUT2D eigenvalue weighted by atomic mass is 16.5. The van der Waals surface area contributed by atoms with Crippen molar-refractivity contribution in [2.75, 3.05) is 0 Å². The lowest BCUT2D eigenvalue weighted by Crippen LogP contribution is -2.33. The summed E-state index contributed by atoms with van der Waals surface area (Å²) in [5.74, 6) is 0. The molecule has 2 nitrogen and oxygen atoms in total. The molecule has 2 heteroatoms. The fraction of sp³-hybridized carbons (Fsp3) is 0.600. The van der Waals surface area contributed by atoms with Crippen LogP contribution in [-0.2, 0) is 0 Å². The van der Waals surface area contributed by atoms with E-state index in [0.29, 0.717) is 0 Å². The molecule has 0 aliphatic heterocycles. The van der Waals surface area contributed by atoms with Crippen molar-refractivity contribution in [2.45, 2.75) is 33.2 Å². The van der Waals surface area contributed by atoms with E-state index >= 15 is 0 Å². The van der Waals surface area contributed by atoms with Crippen LogP contribution in [0, 0.1) is 10.6 Å². The molecule has 0 aliphatic carbocycles. The smallest absolute Gasteiger partial charge is 0.165 e. The molecule has 12 heavy (non-hydrogen) atoms. The van der Waals surface area contributed by atoms with E-state index in [4.69, 9.17) is 0 Å². The molecule has 0 N–H and O–H groups in total. The molecular formula is C10H17NO. The van der Waals surface area contributed by atoms with Crippen LogP contribution in [0.15, 0.2) is 18.4 Å². The van der Waals surface area contributed by atoms with E-state index in [1.54, 1.807) is 0 Å². The van der Waals surface area contributed by atoms with Crippen LogP contribution < -0.4 is 0 Å². The Morgan fingerprint density at radius 2 is 2.17 bits per heavy atom. The lowest BCUT2D eigenvalue weighted by atomic mass is 9.82. The third-order valence-corrected chi connectivity index (χ3v) is 2.34. The maximum atomic E-state index is 10.9. The molecule has 0 fully saturated rings. The lowest BCUT2D eigenvalue weighted by molar-refractivity contribution is -0.507. The van der Waals surface area contributed by atoms with Crippen molar-refractivity contribution in [2.24, 2.45) is 5.41 Å². The minimum absolute atomic E-state index is 0.0752. The van der Waals surface area contributed by atoms with Gasteiger partial charge in [-0.1, -0.05) is 20.4 Å². The molecule has 0 saturated carbocycles. The van der Waals surface area contributed by atoms with Gasteiger partial charge < -0.3 is 5.21 Å². The third-order valence-electron chi connectivity index (χ3n) is 2.34. The fourth-order valence-electron chi connectivity index (χ4n) is 0.896. The van der Waals surface area contributed by atoms with Crippen molar-refractivity contribution in [1.82, 2.24) is 0 Å². The Balaban J connectivity index is 4.37. The molecule has 0 spiro atoms. The van der Waals surface area contributed by atoms with Gasteiger partial charge in [-0.05, 0) is 19.4 Å². The van der Waals surface area contributed by atoms with Crippen LogP contribution in [0.5, 0.6) is 0 Å². The van der Waals surface area contributed by atoms with Crippen LogP contribution in [0.3, 0.4) is 0 Å². The zero-order valence-corrected chi connectivity index (χ0v) is 8.13. The van der Waals surface area contributed by atoms with E-state index in [2.05, 4.69) is 19.0 Å². The number of rotatable bonds is 4. The Morgan fingerprint density at radius 3 is 2.50 bits per heavy atom. The van der Waals surface area contributed by atoms with E-state index in [1.807, 2.05) is 26.8 Å². The summed E-state index contributed by atoms with van der Waals surface area (Å²) >= 11 is 0. The van der Waals surface area contributed by atoms with Gasteiger partial charge in [-0.2, -0.15) is 0 Å². The monoisotopic (exact) mass is 167 g/mol. The highest BCUT2D eigenvalue weighted by molar-refractivity contribution is 5.15. The molecule has 0 aromatic rings. The summed E-state index contributed by atoms with van der Waals surface area (Å²) in [7, 11) is 0. The maximum Gasteiger partial charge on any atom is 0.165 e. The van der Waals surface area contributed by atoms with Crippen molar-refractivity contribution in [1.29, 1.82) is 0 Å². The summed E-state index contributed by atoms with van der Waals surface area (Å²) in [5, 5.41) is 10.9. The fourth-order valence-corrected chi connectivity index (χ4v) is 0.896. The van der Waals surface area contributed by atoms with Gasteiger partial charge in [0.25, 0.3) is 0 Å². The molecule has 0 aromatic heterocycles. The molecule has 0 amide bonds. The summed E-state index contributed by atoms with van der Waals surface area (Å²) < 4.78 is 0.747. The topological polar surface area (TPSA) is 26.1 Å². The summed E-state index contributed by atoms with van der Waals surface area (Å²) in [6, 6.07) is -0.0953. The van der Waals surface area contributed by atoms with Gasteiger partial charge in [-0.25, -0.2) is 4.74 Å². The Morgan fingerprint density at radius 1 is 1.67 bits per heavy atom. The van der Waals surface area contributed by atoms with Crippen molar-refractivity contribution in [3.8, 4) is 0 Å². The number of hydrogen-bond donors (Lipinski definition) is 0. The molecule has 0 radical (unpaired) electrons. The third kappa shape index (κ3) is 2.93. The van der Waals surface area contributed by atoms with Crippen molar-refractivity contribution >= 4 is 6.72 Å². The lowest BCUT2D eigenvalue weighted by Gasteiger charge is -2.27. The highest BCUT2D eigenvalue weighted by Crippen LogP contribution is 2.26. The minimum Gasteiger partial charge on any atom is -0.624 e. The van der Waals surface area contributed by atoms with E-state index in [0.717, 1.165) is 11.2 Å². The molecule has 0 rings (SSSR count). The standard InChI is InChI=1S/C10H17NO/c1-6-7-8-10(3,4)9(2)11(5)12/h7,9H,1,5,8H2,2-4H3. The van der Waals surface area contributed by atoms with Gasteiger partial charge >= 0.3 is 0 Å². The van der Waals surface area contributed by atoms with Crippen molar-refractivity contribution in [3.63, 3.8) is 0 Å². The molecule has 0 aromatic carbocycles. The van der Waals surface area contributed by atoms with Crippen molar-refractivity contribution < 1.29 is 4.74 Å². The van der Waals surface area contributed by atoms with E-state index in [9.17, 15) is 5.21 Å². The molecule has 1 atom stereocenters. The number of hydroxylamine groups is 1. The molecule has 0 bridgehead atoms. The number of allylic oxidation sites excluding steroid dienone is 1. The molecule has 68 valence electrons. The van der Waals surface area contributed by atoms with Gasteiger partial charge in [-0.15, -0.1) is 5.73 Å². The second kappa shape index (κ2) is 4.13. The summed E-state index contributed by atoms with van der Waals surface area (Å²) in [4.78, 5) is 0. The molecular weight excluding hydrogens is 150 g/mol. The first kappa shape index (κ1) is 11.0. The first-order chi connectivity index (χ1) is 5.41. The SMILES string of the molecule is C=C=CCC(C)(C)C(C)[N+](=C)[O-]. The van der Waals surface area contributed by atoms with Crippen LogP contribution in [0.2, 0.25) is 0 Å². The van der Waals surface area contributed by atoms with Crippen molar-refractivity contribution in [3.05, 3.63) is 23.6 Å².